The summed E-state index contributed by atoms with van der Waals surface area (Å²) in [6.07, 6.45) is 2.67. The van der Waals surface area contributed by atoms with Crippen LogP contribution in [-0.4, -0.2) is 10.9 Å². The number of amides is 1. The Balaban J connectivity index is 1.80. The number of nitrogens with two attached hydrogens (primary N) is 1. The van der Waals surface area contributed by atoms with Crippen molar-refractivity contribution in [3.05, 3.63) is 77.0 Å². The molecule has 1 heterocycles. The summed E-state index contributed by atoms with van der Waals surface area (Å²) in [6.45, 7) is 1.48. The van der Waals surface area contributed by atoms with Gasteiger partial charge in [-0.1, -0.05) is 42.5 Å². The number of aryl methyl sites for hydroxylation is 1. The minimum Gasteiger partial charge on any atom is -0.383 e. The quantitative estimate of drug-likeness (QED) is 0.701. The minimum absolute atomic E-state index is 0.119. The first kappa shape index (κ1) is 18.7. The maximum atomic E-state index is 11.3. The Morgan fingerprint density at radius 2 is 1.90 bits per heavy atom. The topological polar surface area (TPSA) is 91.8 Å². The molecule has 2 aromatic carbocycles. The highest BCUT2D eigenvalue weighted by molar-refractivity contribution is 5.89. The van der Waals surface area contributed by atoms with E-state index < -0.39 is 0 Å². The van der Waals surface area contributed by atoms with Crippen molar-refractivity contribution >= 4 is 17.4 Å². The molecule has 4 rings (SSSR count). The second-order valence-corrected chi connectivity index (χ2v) is 7.39. The zero-order chi connectivity index (χ0) is 20.4. The van der Waals surface area contributed by atoms with E-state index in [2.05, 4.69) is 40.6 Å². The van der Waals surface area contributed by atoms with E-state index in [4.69, 9.17) is 5.73 Å². The molecule has 0 radical (unpaired) electrons. The first-order chi connectivity index (χ1) is 14.1. The van der Waals surface area contributed by atoms with Crippen LogP contribution in [0.2, 0.25) is 0 Å². The van der Waals surface area contributed by atoms with Crippen molar-refractivity contribution in [2.24, 2.45) is 0 Å². The third-order valence-corrected chi connectivity index (χ3v) is 5.47. The Kier molecular flexibility index (Phi) is 5.01. The number of nitrogens with one attached hydrogen (secondary N) is 1. The fraction of sp³-hybridized carbons (Fsp3) is 0.208. The number of anilines is 2. The zero-order valence-corrected chi connectivity index (χ0v) is 16.3. The Morgan fingerprint density at radius 1 is 1.17 bits per heavy atom. The van der Waals surface area contributed by atoms with Gasteiger partial charge in [0.15, 0.2) is 0 Å². The van der Waals surface area contributed by atoms with Crippen LogP contribution in [0, 0.1) is 11.3 Å². The molecule has 1 aliphatic rings. The van der Waals surface area contributed by atoms with Crippen molar-refractivity contribution in [3.8, 4) is 17.2 Å². The number of hydrogen-bond donors (Lipinski definition) is 2. The van der Waals surface area contributed by atoms with Gasteiger partial charge in [-0.15, -0.1) is 0 Å². The largest absolute Gasteiger partial charge is 0.383 e. The molecule has 3 N–H and O–H groups in total. The Morgan fingerprint density at radius 3 is 2.55 bits per heavy atom. The summed E-state index contributed by atoms with van der Waals surface area (Å²) in [5.74, 6) is 0.551. The lowest BCUT2D eigenvalue weighted by Crippen LogP contribution is -2.17. The SMILES string of the molecule is CC(=O)Nc1ccc(-c2c(C#N)c(N)nc3c2CC(c2ccccc2)CC3)cc1. The second-order valence-electron chi connectivity index (χ2n) is 7.39. The number of pyridine rings is 1. The molecule has 3 aromatic rings. The van der Waals surface area contributed by atoms with Gasteiger partial charge in [0.2, 0.25) is 5.91 Å². The van der Waals surface area contributed by atoms with Gasteiger partial charge in [-0.05, 0) is 54.0 Å². The predicted molar refractivity (Wildman–Crippen MR) is 114 cm³/mol. The average molecular weight is 382 g/mol. The number of rotatable bonds is 3. The molecule has 29 heavy (non-hydrogen) atoms. The van der Waals surface area contributed by atoms with Crippen LogP contribution in [0.4, 0.5) is 11.5 Å². The van der Waals surface area contributed by atoms with Crippen LogP contribution in [0.5, 0.6) is 0 Å². The van der Waals surface area contributed by atoms with Gasteiger partial charge in [0.05, 0.1) is 0 Å². The molecule has 1 unspecified atom stereocenters. The maximum Gasteiger partial charge on any atom is 0.221 e. The van der Waals surface area contributed by atoms with Gasteiger partial charge in [0, 0.05) is 23.9 Å². The van der Waals surface area contributed by atoms with Gasteiger partial charge in [-0.3, -0.25) is 4.79 Å². The van der Waals surface area contributed by atoms with Crippen molar-refractivity contribution in [1.82, 2.24) is 4.98 Å². The molecule has 1 atom stereocenters. The van der Waals surface area contributed by atoms with Crippen LogP contribution >= 0.6 is 0 Å². The van der Waals surface area contributed by atoms with Gasteiger partial charge in [-0.25, -0.2) is 4.98 Å². The first-order valence-corrected chi connectivity index (χ1v) is 9.71. The standard InChI is InChI=1S/C24H22N4O/c1-15(29)27-19-10-7-17(8-11-19)23-20-13-18(16-5-3-2-4-6-16)9-12-22(20)28-24(26)21(23)14-25/h2-8,10-11,18H,9,12-13H2,1H3,(H2,26,28)(H,27,29). The van der Waals surface area contributed by atoms with Crippen LogP contribution in [-0.2, 0) is 17.6 Å². The van der Waals surface area contributed by atoms with Gasteiger partial charge in [0.1, 0.15) is 17.5 Å². The van der Waals surface area contributed by atoms with Crippen molar-refractivity contribution in [1.29, 1.82) is 5.26 Å². The van der Waals surface area contributed by atoms with E-state index in [0.29, 0.717) is 11.5 Å². The van der Waals surface area contributed by atoms with Gasteiger partial charge >= 0.3 is 0 Å². The molecule has 0 saturated heterocycles. The summed E-state index contributed by atoms with van der Waals surface area (Å²) in [5.41, 5.74) is 12.5. The Labute approximate surface area is 170 Å². The number of nitriles is 1. The molecule has 0 aliphatic heterocycles. The lowest BCUT2D eigenvalue weighted by atomic mass is 9.78. The summed E-state index contributed by atoms with van der Waals surface area (Å²) >= 11 is 0. The van der Waals surface area contributed by atoms with Gasteiger partial charge in [-0.2, -0.15) is 5.26 Å². The summed E-state index contributed by atoms with van der Waals surface area (Å²) in [5, 5.41) is 12.6. The molecular weight excluding hydrogens is 360 g/mol. The van der Waals surface area contributed by atoms with E-state index in [0.717, 1.165) is 47.3 Å². The van der Waals surface area contributed by atoms with E-state index in [1.165, 1.54) is 12.5 Å². The molecule has 1 aromatic heterocycles. The van der Waals surface area contributed by atoms with E-state index in [9.17, 15) is 10.1 Å². The number of fused-ring (bicyclic) bond motifs is 1. The van der Waals surface area contributed by atoms with E-state index >= 15 is 0 Å². The second kappa shape index (κ2) is 7.76. The number of aromatic nitrogens is 1. The van der Waals surface area contributed by atoms with Crippen LogP contribution in [0.1, 0.15) is 41.6 Å². The molecule has 0 saturated carbocycles. The molecule has 5 heteroatoms. The lowest BCUT2D eigenvalue weighted by Gasteiger charge is -2.27. The van der Waals surface area contributed by atoms with Crippen molar-refractivity contribution in [2.75, 3.05) is 11.1 Å². The third-order valence-electron chi connectivity index (χ3n) is 5.47. The van der Waals surface area contributed by atoms with E-state index in [1.54, 1.807) is 0 Å². The molecule has 0 spiro atoms. The van der Waals surface area contributed by atoms with Crippen molar-refractivity contribution in [3.63, 3.8) is 0 Å². The number of hydrogen-bond acceptors (Lipinski definition) is 4. The molecule has 144 valence electrons. The van der Waals surface area contributed by atoms with Crippen LogP contribution < -0.4 is 11.1 Å². The highest BCUT2D eigenvalue weighted by Crippen LogP contribution is 2.40. The lowest BCUT2D eigenvalue weighted by molar-refractivity contribution is -0.114. The summed E-state index contributed by atoms with van der Waals surface area (Å²) in [6, 6.07) is 20.3. The highest BCUT2D eigenvalue weighted by atomic mass is 16.1. The van der Waals surface area contributed by atoms with Crippen LogP contribution in [0.15, 0.2) is 54.6 Å². The minimum atomic E-state index is -0.119. The smallest absolute Gasteiger partial charge is 0.221 e. The zero-order valence-electron chi connectivity index (χ0n) is 16.3. The van der Waals surface area contributed by atoms with E-state index in [-0.39, 0.29) is 11.7 Å². The van der Waals surface area contributed by atoms with Gasteiger partial charge < -0.3 is 11.1 Å². The van der Waals surface area contributed by atoms with Crippen LogP contribution in [0.25, 0.3) is 11.1 Å². The predicted octanol–water partition coefficient (Wildman–Crippen LogP) is 4.43. The summed E-state index contributed by atoms with van der Waals surface area (Å²) < 4.78 is 0. The Hall–Kier alpha value is -3.65. The van der Waals surface area contributed by atoms with E-state index in [1.807, 2.05) is 30.3 Å². The third kappa shape index (κ3) is 3.70. The fourth-order valence-electron chi connectivity index (χ4n) is 4.14. The first-order valence-electron chi connectivity index (χ1n) is 9.71. The number of nitrogen functional groups attached to an aromatic ring is 1. The average Bonchev–Trinajstić information content (AvgIpc) is 2.73. The monoisotopic (exact) mass is 382 g/mol. The summed E-state index contributed by atoms with van der Waals surface area (Å²) in [4.78, 5) is 15.9. The molecule has 0 fully saturated rings. The summed E-state index contributed by atoms with van der Waals surface area (Å²) in [7, 11) is 0. The van der Waals surface area contributed by atoms with Crippen LogP contribution in [0.3, 0.4) is 0 Å². The van der Waals surface area contributed by atoms with Crippen molar-refractivity contribution in [2.45, 2.75) is 32.1 Å². The number of benzene rings is 2. The normalized spacial score (nSPS) is 15.2. The molecular formula is C24H22N4O. The number of nitrogens with zero attached hydrogens (tertiary/aromatic N) is 2. The fourth-order valence-corrected chi connectivity index (χ4v) is 4.14. The van der Waals surface area contributed by atoms with Crippen molar-refractivity contribution < 1.29 is 4.79 Å². The maximum absolute atomic E-state index is 11.3. The highest BCUT2D eigenvalue weighted by Gasteiger charge is 2.27. The Bertz CT molecular complexity index is 1100. The molecule has 5 nitrogen and oxygen atoms in total. The van der Waals surface area contributed by atoms with Gasteiger partial charge in [0.25, 0.3) is 0 Å². The molecule has 1 amide bonds. The molecule has 1 aliphatic carbocycles. The number of carbonyl (C=O) groups is 1. The molecule has 0 bridgehead atoms. The number of carbonyl (C=O) groups excluding carboxylic acids is 1.